The molecule has 1 aliphatic rings. The van der Waals surface area contributed by atoms with Gasteiger partial charge in [0.2, 0.25) is 0 Å². The van der Waals surface area contributed by atoms with Crippen molar-refractivity contribution < 1.29 is 0 Å². The monoisotopic (exact) mass is 381 g/mol. The van der Waals surface area contributed by atoms with Crippen molar-refractivity contribution in [2.24, 2.45) is 0 Å². The van der Waals surface area contributed by atoms with Crippen molar-refractivity contribution in [3.05, 3.63) is 69.8 Å². The summed E-state index contributed by atoms with van der Waals surface area (Å²) in [6.45, 7) is 0. The molecule has 0 unspecified atom stereocenters. The van der Waals surface area contributed by atoms with Gasteiger partial charge in [-0.25, -0.2) is 4.98 Å². The van der Waals surface area contributed by atoms with E-state index >= 15 is 0 Å². The van der Waals surface area contributed by atoms with Crippen LogP contribution in [0.1, 0.15) is 30.3 Å². The highest BCUT2D eigenvalue weighted by atomic mass is 32.2. The van der Waals surface area contributed by atoms with E-state index in [9.17, 15) is 4.79 Å². The van der Waals surface area contributed by atoms with Gasteiger partial charge in [-0.1, -0.05) is 30.0 Å². The quantitative estimate of drug-likeness (QED) is 0.495. The van der Waals surface area contributed by atoms with Gasteiger partial charge in [0.05, 0.1) is 5.69 Å². The van der Waals surface area contributed by atoms with E-state index in [1.54, 1.807) is 28.4 Å². The van der Waals surface area contributed by atoms with Crippen molar-refractivity contribution in [2.45, 2.75) is 29.7 Å². The van der Waals surface area contributed by atoms with Crippen molar-refractivity contribution in [2.75, 3.05) is 0 Å². The highest BCUT2D eigenvalue weighted by Crippen LogP contribution is 2.41. The molecule has 0 radical (unpaired) electrons. The first-order valence-corrected chi connectivity index (χ1v) is 10.3. The third-order valence-electron chi connectivity index (χ3n) is 4.32. The summed E-state index contributed by atoms with van der Waals surface area (Å²) in [6.07, 6.45) is 4.09. The topological polar surface area (TPSA) is 65.1 Å². The van der Waals surface area contributed by atoms with Gasteiger partial charge in [0.1, 0.15) is 5.82 Å². The second-order valence-corrected chi connectivity index (χ2v) is 8.03. The molecule has 3 aromatic heterocycles. The zero-order valence-corrected chi connectivity index (χ0v) is 15.4. The zero-order valence-electron chi connectivity index (χ0n) is 13.8. The van der Waals surface area contributed by atoms with Gasteiger partial charge in [0, 0.05) is 35.0 Å². The first-order chi connectivity index (χ1) is 12.8. The average Bonchev–Trinajstić information content (AvgIpc) is 3.24. The van der Waals surface area contributed by atoms with Crippen LogP contribution in [0, 0.1) is 0 Å². The highest BCUT2D eigenvalue weighted by molar-refractivity contribution is 7.98. The molecule has 1 aromatic carbocycles. The van der Waals surface area contributed by atoms with Crippen LogP contribution in [-0.2, 0) is 5.75 Å². The molecule has 1 fully saturated rings. The van der Waals surface area contributed by atoms with Gasteiger partial charge in [-0.15, -0.1) is 21.5 Å². The number of hydrogen-bond acceptors (Lipinski definition) is 6. The molecule has 0 saturated heterocycles. The van der Waals surface area contributed by atoms with E-state index in [2.05, 4.69) is 31.9 Å². The largest absolute Gasteiger partial charge is 0.274 e. The fourth-order valence-corrected chi connectivity index (χ4v) is 4.49. The van der Waals surface area contributed by atoms with Crippen LogP contribution < -0.4 is 5.56 Å². The van der Waals surface area contributed by atoms with E-state index < -0.39 is 0 Å². The van der Waals surface area contributed by atoms with Gasteiger partial charge in [0.25, 0.3) is 5.56 Å². The van der Waals surface area contributed by atoms with E-state index in [0.717, 1.165) is 27.3 Å². The smallest absolute Gasteiger partial charge is 0.258 e. The summed E-state index contributed by atoms with van der Waals surface area (Å²) in [5.74, 6) is 2.11. The second-order valence-electron chi connectivity index (χ2n) is 6.22. The zero-order chi connectivity index (χ0) is 17.5. The van der Waals surface area contributed by atoms with E-state index in [4.69, 9.17) is 0 Å². The first kappa shape index (κ1) is 15.8. The third kappa shape index (κ3) is 2.85. The molecule has 26 heavy (non-hydrogen) atoms. The van der Waals surface area contributed by atoms with Gasteiger partial charge in [-0.3, -0.25) is 13.8 Å². The van der Waals surface area contributed by atoms with Crippen LogP contribution in [0.15, 0.2) is 57.9 Å². The molecule has 1 saturated carbocycles. The normalized spacial score (nSPS) is 14.2. The van der Waals surface area contributed by atoms with E-state index in [-0.39, 0.29) is 5.56 Å². The molecule has 8 heteroatoms. The Balaban J connectivity index is 1.47. The van der Waals surface area contributed by atoms with Crippen molar-refractivity contribution in [3.63, 3.8) is 0 Å². The van der Waals surface area contributed by atoms with Crippen LogP contribution in [0.4, 0.5) is 0 Å². The van der Waals surface area contributed by atoms with Crippen LogP contribution in [-0.4, -0.2) is 24.1 Å². The molecule has 0 amide bonds. The van der Waals surface area contributed by atoms with Crippen molar-refractivity contribution in [3.8, 4) is 5.69 Å². The Morgan fingerprint density at radius 1 is 1.19 bits per heavy atom. The number of nitrogens with zero attached hydrogens (tertiary/aromatic N) is 5. The summed E-state index contributed by atoms with van der Waals surface area (Å²) < 4.78 is 3.70. The van der Waals surface area contributed by atoms with Gasteiger partial charge >= 0.3 is 0 Å². The Labute approximate surface area is 157 Å². The summed E-state index contributed by atoms with van der Waals surface area (Å²) >= 11 is 3.03. The summed E-state index contributed by atoms with van der Waals surface area (Å²) in [5, 5.41) is 11.6. The lowest BCUT2D eigenvalue weighted by atomic mass is 10.3. The standard InChI is InChI=1S/C18H15N5OS2/c24-15-10-13(19-17-22(15)8-9-25-17)11-26-18-21-20-16(12-6-7-12)23(18)14-4-2-1-3-5-14/h1-5,8-10,12H,6-7,11H2. The second kappa shape index (κ2) is 6.37. The number of fused-ring (bicyclic) bond motifs is 1. The lowest BCUT2D eigenvalue weighted by molar-refractivity contribution is 0.829. The Hall–Kier alpha value is -2.45. The van der Waals surface area contributed by atoms with Gasteiger partial charge in [0.15, 0.2) is 10.1 Å². The molecule has 5 rings (SSSR count). The molecule has 4 aromatic rings. The Morgan fingerprint density at radius 2 is 2.04 bits per heavy atom. The third-order valence-corrected chi connectivity index (χ3v) is 6.04. The SMILES string of the molecule is O=c1cc(CSc2nnc(C3CC3)n2-c2ccccc2)nc2sccn12. The number of hydrogen-bond donors (Lipinski definition) is 0. The molecule has 0 bridgehead atoms. The lowest BCUT2D eigenvalue weighted by Gasteiger charge is -2.09. The van der Waals surface area contributed by atoms with Crippen molar-refractivity contribution in [1.82, 2.24) is 24.1 Å². The molecule has 1 aliphatic carbocycles. The average molecular weight is 381 g/mol. The molecule has 0 atom stereocenters. The number of thioether (sulfide) groups is 1. The first-order valence-electron chi connectivity index (χ1n) is 8.39. The van der Waals surface area contributed by atoms with Crippen LogP contribution in [0.5, 0.6) is 0 Å². The summed E-state index contributed by atoms with van der Waals surface area (Å²) in [6, 6.07) is 11.8. The maximum absolute atomic E-state index is 12.1. The van der Waals surface area contributed by atoms with Gasteiger partial charge < -0.3 is 0 Å². The Bertz CT molecular complexity index is 1130. The maximum atomic E-state index is 12.1. The van der Waals surface area contributed by atoms with Gasteiger partial charge in [-0.05, 0) is 25.0 Å². The minimum atomic E-state index is -0.0463. The molecule has 0 spiro atoms. The van der Waals surface area contributed by atoms with Crippen LogP contribution in [0.3, 0.4) is 0 Å². The molecule has 6 nitrogen and oxygen atoms in total. The van der Waals surface area contributed by atoms with Crippen LogP contribution in [0.2, 0.25) is 0 Å². The highest BCUT2D eigenvalue weighted by Gasteiger charge is 2.31. The fourth-order valence-electron chi connectivity index (χ4n) is 2.90. The maximum Gasteiger partial charge on any atom is 0.258 e. The summed E-state index contributed by atoms with van der Waals surface area (Å²) in [4.78, 5) is 17.4. The molecule has 130 valence electrons. The number of thiazole rings is 1. The lowest BCUT2D eigenvalue weighted by Crippen LogP contribution is -2.12. The van der Waals surface area contributed by atoms with Gasteiger partial charge in [-0.2, -0.15) is 0 Å². The minimum Gasteiger partial charge on any atom is -0.274 e. The predicted molar refractivity (Wildman–Crippen MR) is 102 cm³/mol. The molecule has 3 heterocycles. The number of benzene rings is 1. The summed E-state index contributed by atoms with van der Waals surface area (Å²) in [5.41, 5.74) is 1.79. The molecule has 0 N–H and O–H groups in total. The Kier molecular flexibility index (Phi) is 3.86. The van der Waals surface area contributed by atoms with Crippen LogP contribution >= 0.6 is 23.1 Å². The minimum absolute atomic E-state index is 0.0463. The fraction of sp³-hybridized carbons (Fsp3) is 0.222. The molecule has 0 aliphatic heterocycles. The number of rotatable bonds is 5. The Morgan fingerprint density at radius 3 is 2.85 bits per heavy atom. The van der Waals surface area contributed by atoms with Crippen molar-refractivity contribution in [1.29, 1.82) is 0 Å². The number of aromatic nitrogens is 5. The van der Waals surface area contributed by atoms with Crippen LogP contribution in [0.25, 0.3) is 10.6 Å². The number of para-hydroxylation sites is 1. The molecular weight excluding hydrogens is 366 g/mol. The van der Waals surface area contributed by atoms with E-state index in [1.807, 2.05) is 23.6 Å². The molecular formula is C18H15N5OS2. The van der Waals surface area contributed by atoms with E-state index in [0.29, 0.717) is 11.7 Å². The van der Waals surface area contributed by atoms with E-state index in [1.165, 1.54) is 24.2 Å². The summed E-state index contributed by atoms with van der Waals surface area (Å²) in [7, 11) is 0. The van der Waals surface area contributed by atoms with Crippen molar-refractivity contribution >= 4 is 28.1 Å². The predicted octanol–water partition coefficient (Wildman–Crippen LogP) is 3.51.